The van der Waals surface area contributed by atoms with Crippen molar-refractivity contribution in [2.75, 3.05) is 6.54 Å². The molecule has 1 fully saturated rings. The van der Waals surface area contributed by atoms with Crippen molar-refractivity contribution in [3.63, 3.8) is 0 Å². The molecule has 0 bridgehead atoms. The molecule has 1 rings (SSSR count). The summed E-state index contributed by atoms with van der Waals surface area (Å²) in [6, 6.07) is 2.04. The Morgan fingerprint density at radius 2 is 2.21 bits per heavy atom. The molecule has 0 N–H and O–H groups in total. The fourth-order valence-electron chi connectivity index (χ4n) is 1.56. The SMILES string of the molecule is CC1CC(=O)N(CCCCC#N)C1=O. The van der Waals surface area contributed by atoms with Gasteiger partial charge in [0, 0.05) is 25.3 Å². The smallest absolute Gasteiger partial charge is 0.232 e. The number of amides is 2. The number of hydrogen-bond donors (Lipinski definition) is 0. The van der Waals surface area contributed by atoms with E-state index in [1.807, 2.05) is 6.07 Å². The second-order valence-electron chi connectivity index (χ2n) is 3.60. The van der Waals surface area contributed by atoms with Gasteiger partial charge in [-0.2, -0.15) is 5.26 Å². The number of nitriles is 1. The minimum absolute atomic E-state index is 0.0630. The lowest BCUT2D eigenvalue weighted by molar-refractivity contribution is -0.139. The maximum atomic E-state index is 11.4. The zero-order valence-electron chi connectivity index (χ0n) is 8.32. The molecule has 0 radical (unpaired) electrons. The number of hydrogen-bond acceptors (Lipinski definition) is 3. The first-order valence-corrected chi connectivity index (χ1v) is 4.88. The van der Waals surface area contributed by atoms with E-state index in [0.717, 1.165) is 12.8 Å². The van der Waals surface area contributed by atoms with E-state index in [1.54, 1.807) is 6.92 Å². The molecular weight excluding hydrogens is 180 g/mol. The van der Waals surface area contributed by atoms with Gasteiger partial charge in [-0.15, -0.1) is 0 Å². The standard InChI is InChI=1S/C10H14N2O2/c1-8-7-9(13)12(10(8)14)6-4-2-3-5-11/h8H,2-4,6-7H2,1H3. The highest BCUT2D eigenvalue weighted by atomic mass is 16.2. The van der Waals surface area contributed by atoms with Crippen LogP contribution in [-0.2, 0) is 9.59 Å². The summed E-state index contributed by atoms with van der Waals surface area (Å²) in [5, 5.41) is 8.31. The van der Waals surface area contributed by atoms with E-state index in [4.69, 9.17) is 5.26 Å². The van der Waals surface area contributed by atoms with Gasteiger partial charge in [0.25, 0.3) is 0 Å². The molecule has 1 saturated heterocycles. The van der Waals surface area contributed by atoms with Gasteiger partial charge in [-0.25, -0.2) is 0 Å². The van der Waals surface area contributed by atoms with Gasteiger partial charge in [0.2, 0.25) is 11.8 Å². The van der Waals surface area contributed by atoms with Crippen LogP contribution in [0.3, 0.4) is 0 Å². The maximum absolute atomic E-state index is 11.4. The summed E-state index contributed by atoms with van der Waals surface area (Å²) in [4.78, 5) is 24.0. The second kappa shape index (κ2) is 4.75. The van der Waals surface area contributed by atoms with Crippen molar-refractivity contribution in [3.8, 4) is 6.07 Å². The fraction of sp³-hybridized carbons (Fsp3) is 0.700. The highest BCUT2D eigenvalue weighted by Gasteiger charge is 2.34. The molecule has 1 aliphatic rings. The second-order valence-corrected chi connectivity index (χ2v) is 3.60. The van der Waals surface area contributed by atoms with Gasteiger partial charge >= 0.3 is 0 Å². The first kappa shape index (κ1) is 10.7. The van der Waals surface area contributed by atoms with Crippen molar-refractivity contribution in [3.05, 3.63) is 0 Å². The van der Waals surface area contributed by atoms with E-state index < -0.39 is 0 Å². The highest BCUT2D eigenvalue weighted by molar-refractivity contribution is 6.03. The zero-order valence-corrected chi connectivity index (χ0v) is 8.32. The molecule has 1 heterocycles. The third-order valence-corrected chi connectivity index (χ3v) is 2.39. The van der Waals surface area contributed by atoms with E-state index in [-0.39, 0.29) is 17.7 Å². The molecule has 1 unspecified atom stereocenters. The van der Waals surface area contributed by atoms with Crippen LogP contribution in [0.25, 0.3) is 0 Å². The van der Waals surface area contributed by atoms with Gasteiger partial charge in [-0.05, 0) is 12.8 Å². The molecule has 2 amide bonds. The Kier molecular flexibility index (Phi) is 3.63. The summed E-state index contributed by atoms with van der Waals surface area (Å²) >= 11 is 0. The molecule has 14 heavy (non-hydrogen) atoms. The predicted molar refractivity (Wildman–Crippen MR) is 50.0 cm³/mol. The molecule has 0 saturated carbocycles. The van der Waals surface area contributed by atoms with Gasteiger partial charge < -0.3 is 0 Å². The predicted octanol–water partition coefficient (Wildman–Crippen LogP) is 1.08. The summed E-state index contributed by atoms with van der Waals surface area (Å²) < 4.78 is 0. The van der Waals surface area contributed by atoms with E-state index in [0.29, 0.717) is 19.4 Å². The van der Waals surface area contributed by atoms with Gasteiger partial charge in [0.1, 0.15) is 0 Å². The maximum Gasteiger partial charge on any atom is 0.232 e. The molecule has 1 aliphatic heterocycles. The van der Waals surface area contributed by atoms with Crippen molar-refractivity contribution in [2.45, 2.75) is 32.6 Å². The summed E-state index contributed by atoms with van der Waals surface area (Å²) in [5.41, 5.74) is 0. The van der Waals surface area contributed by atoms with Crippen molar-refractivity contribution in [2.24, 2.45) is 5.92 Å². The van der Waals surface area contributed by atoms with Gasteiger partial charge in [0.15, 0.2) is 0 Å². The zero-order chi connectivity index (χ0) is 10.6. The molecule has 0 aromatic heterocycles. The Balaban J connectivity index is 2.34. The molecule has 76 valence electrons. The van der Waals surface area contributed by atoms with Crippen molar-refractivity contribution in [1.82, 2.24) is 4.90 Å². The molecule has 4 heteroatoms. The number of carbonyl (C=O) groups excluding carboxylic acids is 2. The number of nitrogens with zero attached hydrogens (tertiary/aromatic N) is 2. The van der Waals surface area contributed by atoms with Gasteiger partial charge in [-0.1, -0.05) is 6.92 Å². The van der Waals surface area contributed by atoms with E-state index in [9.17, 15) is 9.59 Å². The normalized spacial score (nSPS) is 21.4. The largest absolute Gasteiger partial charge is 0.282 e. The Hall–Kier alpha value is -1.37. The van der Waals surface area contributed by atoms with Crippen LogP contribution < -0.4 is 0 Å². The lowest BCUT2D eigenvalue weighted by Crippen LogP contribution is -2.31. The molecular formula is C10H14N2O2. The average molecular weight is 194 g/mol. The molecule has 1 atom stereocenters. The van der Waals surface area contributed by atoms with Crippen LogP contribution in [0.4, 0.5) is 0 Å². The first-order chi connectivity index (χ1) is 6.66. The van der Waals surface area contributed by atoms with Crippen LogP contribution in [0.1, 0.15) is 32.6 Å². The fourth-order valence-corrected chi connectivity index (χ4v) is 1.56. The average Bonchev–Trinajstić information content (AvgIpc) is 2.38. The Morgan fingerprint density at radius 3 is 2.71 bits per heavy atom. The van der Waals surface area contributed by atoms with Crippen LogP contribution in [-0.4, -0.2) is 23.3 Å². The molecule has 4 nitrogen and oxygen atoms in total. The lowest BCUT2D eigenvalue weighted by atomic mass is 10.1. The topological polar surface area (TPSA) is 61.2 Å². The van der Waals surface area contributed by atoms with Crippen LogP contribution >= 0.6 is 0 Å². The van der Waals surface area contributed by atoms with Crippen molar-refractivity contribution in [1.29, 1.82) is 5.26 Å². The summed E-state index contributed by atoms with van der Waals surface area (Å²) in [6.45, 7) is 2.25. The van der Waals surface area contributed by atoms with Crippen molar-refractivity contribution < 1.29 is 9.59 Å². The number of carbonyl (C=O) groups is 2. The monoisotopic (exact) mass is 194 g/mol. The van der Waals surface area contributed by atoms with Crippen LogP contribution in [0.5, 0.6) is 0 Å². The van der Waals surface area contributed by atoms with E-state index in [1.165, 1.54) is 4.90 Å². The van der Waals surface area contributed by atoms with Crippen LogP contribution in [0.15, 0.2) is 0 Å². The summed E-state index contributed by atoms with van der Waals surface area (Å²) in [6.07, 6.45) is 2.32. The number of unbranched alkanes of at least 4 members (excludes halogenated alkanes) is 2. The highest BCUT2D eigenvalue weighted by Crippen LogP contribution is 2.19. The number of rotatable bonds is 4. The van der Waals surface area contributed by atoms with E-state index >= 15 is 0 Å². The number of imide groups is 1. The Morgan fingerprint density at radius 1 is 1.50 bits per heavy atom. The molecule has 0 aromatic rings. The molecule has 0 aliphatic carbocycles. The number of likely N-dealkylation sites (tertiary alicyclic amines) is 1. The third kappa shape index (κ3) is 2.32. The van der Waals surface area contributed by atoms with Gasteiger partial charge in [0.05, 0.1) is 6.07 Å². The molecule has 0 aromatic carbocycles. The van der Waals surface area contributed by atoms with Crippen molar-refractivity contribution >= 4 is 11.8 Å². The third-order valence-electron chi connectivity index (χ3n) is 2.39. The minimum atomic E-state index is -0.154. The minimum Gasteiger partial charge on any atom is -0.282 e. The quantitative estimate of drug-likeness (QED) is 0.497. The first-order valence-electron chi connectivity index (χ1n) is 4.88. The van der Waals surface area contributed by atoms with Crippen LogP contribution in [0.2, 0.25) is 0 Å². The molecule has 0 spiro atoms. The van der Waals surface area contributed by atoms with Gasteiger partial charge in [-0.3, -0.25) is 14.5 Å². The van der Waals surface area contributed by atoms with Crippen LogP contribution in [0, 0.1) is 17.2 Å². The summed E-state index contributed by atoms with van der Waals surface area (Å²) in [7, 11) is 0. The summed E-state index contributed by atoms with van der Waals surface area (Å²) in [5.74, 6) is -0.287. The van der Waals surface area contributed by atoms with E-state index in [2.05, 4.69) is 0 Å². The lowest BCUT2D eigenvalue weighted by Gasteiger charge is -2.13. The Labute approximate surface area is 83.5 Å². The Bertz CT molecular complexity index is 280.